The van der Waals surface area contributed by atoms with Crippen molar-refractivity contribution in [3.8, 4) is 5.69 Å². The van der Waals surface area contributed by atoms with Crippen LogP contribution in [-0.4, -0.2) is 49.4 Å². The smallest absolute Gasteiger partial charge is 0.239 e. The monoisotopic (exact) mass is 404 g/mol. The first-order valence-electron chi connectivity index (χ1n) is 8.01. The number of rotatable bonds is 9. The molecule has 0 radical (unpaired) electrons. The number of aromatic nitrogens is 3. The molecule has 6 nitrogen and oxygen atoms in total. The van der Waals surface area contributed by atoms with Crippen molar-refractivity contribution < 1.29 is 17.8 Å². The third kappa shape index (κ3) is 5.57. The molecule has 142 valence electrons. The van der Waals surface area contributed by atoms with Crippen molar-refractivity contribution in [3.05, 3.63) is 35.9 Å². The fourth-order valence-electron chi connectivity index (χ4n) is 2.29. The summed E-state index contributed by atoms with van der Waals surface area (Å²) < 4.78 is 37.5. The van der Waals surface area contributed by atoms with Crippen LogP contribution in [0.15, 0.2) is 30.7 Å². The Morgan fingerprint density at radius 1 is 1.42 bits per heavy atom. The van der Waals surface area contributed by atoms with E-state index < -0.39 is 23.6 Å². The van der Waals surface area contributed by atoms with Crippen molar-refractivity contribution in [2.75, 3.05) is 23.0 Å². The number of amides is 1. The van der Waals surface area contributed by atoms with Gasteiger partial charge in [-0.3, -0.25) is 14.0 Å². The third-order valence-electron chi connectivity index (χ3n) is 3.58. The average Bonchev–Trinajstić information content (AvgIpc) is 3.01. The lowest BCUT2D eigenvalue weighted by molar-refractivity contribution is -0.118. The fraction of sp³-hybridized carbons (Fsp3) is 0.438. The minimum absolute atomic E-state index is 0.0158. The Hall–Kier alpha value is -1.87. The van der Waals surface area contributed by atoms with Gasteiger partial charge in [-0.25, -0.2) is 13.5 Å². The minimum Gasteiger partial charge on any atom is -0.308 e. The SMILES string of the molecule is CCN(C(=O)CCS(=O)CCC(F)F)c1cn(-c2cccnc2)nc1Cl. The second-order valence-electron chi connectivity index (χ2n) is 5.38. The van der Waals surface area contributed by atoms with Crippen molar-refractivity contribution in [2.45, 2.75) is 26.2 Å². The molecule has 0 aliphatic heterocycles. The van der Waals surface area contributed by atoms with Crippen LogP contribution in [0.1, 0.15) is 19.8 Å². The van der Waals surface area contributed by atoms with Crippen LogP contribution in [0.5, 0.6) is 0 Å². The van der Waals surface area contributed by atoms with Crippen molar-refractivity contribution in [1.82, 2.24) is 14.8 Å². The summed E-state index contributed by atoms with van der Waals surface area (Å²) in [5.41, 5.74) is 1.12. The maximum absolute atomic E-state index is 12.5. The van der Waals surface area contributed by atoms with Crippen LogP contribution in [0, 0.1) is 0 Å². The van der Waals surface area contributed by atoms with Crippen LogP contribution in [0.3, 0.4) is 0 Å². The number of nitrogens with zero attached hydrogens (tertiary/aromatic N) is 4. The van der Waals surface area contributed by atoms with E-state index in [2.05, 4.69) is 10.1 Å². The van der Waals surface area contributed by atoms with Gasteiger partial charge in [-0.05, 0) is 19.1 Å². The molecule has 0 saturated heterocycles. The molecule has 1 amide bonds. The van der Waals surface area contributed by atoms with Crippen LogP contribution in [0.4, 0.5) is 14.5 Å². The van der Waals surface area contributed by atoms with Gasteiger partial charge in [0.2, 0.25) is 12.3 Å². The van der Waals surface area contributed by atoms with Gasteiger partial charge < -0.3 is 4.90 Å². The van der Waals surface area contributed by atoms with E-state index in [9.17, 15) is 17.8 Å². The number of anilines is 1. The maximum atomic E-state index is 12.5. The molecule has 2 heterocycles. The Bertz CT molecular complexity index is 758. The molecule has 2 aromatic heterocycles. The standard InChI is InChI=1S/C16H19ClF2N4O2S/c1-2-22(15(24)6-9-26(25)8-5-14(18)19)13-11-23(21-16(13)17)12-4-3-7-20-10-12/h3-4,7,10-11,14H,2,5-6,8-9H2,1H3. The van der Waals surface area contributed by atoms with Crippen molar-refractivity contribution in [3.63, 3.8) is 0 Å². The van der Waals surface area contributed by atoms with E-state index >= 15 is 0 Å². The van der Waals surface area contributed by atoms with Gasteiger partial charge in [-0.1, -0.05) is 11.6 Å². The predicted octanol–water partition coefficient (Wildman–Crippen LogP) is 3.07. The summed E-state index contributed by atoms with van der Waals surface area (Å²) in [5.74, 6) is -0.363. The zero-order chi connectivity index (χ0) is 19.1. The van der Waals surface area contributed by atoms with Crippen molar-refractivity contribution in [1.29, 1.82) is 0 Å². The van der Waals surface area contributed by atoms with Crippen LogP contribution in [-0.2, 0) is 15.6 Å². The van der Waals surface area contributed by atoms with Gasteiger partial charge >= 0.3 is 0 Å². The molecular weight excluding hydrogens is 386 g/mol. The normalized spacial score (nSPS) is 12.3. The van der Waals surface area contributed by atoms with E-state index in [1.54, 1.807) is 37.6 Å². The lowest BCUT2D eigenvalue weighted by atomic mass is 10.3. The molecule has 2 aromatic rings. The van der Waals surface area contributed by atoms with E-state index in [0.717, 1.165) is 0 Å². The molecule has 0 bridgehead atoms. The van der Waals surface area contributed by atoms with E-state index in [1.807, 2.05) is 0 Å². The molecule has 0 fully saturated rings. The minimum atomic E-state index is -2.49. The number of halogens is 3. The van der Waals surface area contributed by atoms with Crippen molar-refractivity contribution >= 4 is 34.0 Å². The largest absolute Gasteiger partial charge is 0.308 e. The molecule has 10 heteroatoms. The molecular formula is C16H19ClF2N4O2S. The number of carbonyl (C=O) groups is 1. The van der Waals surface area contributed by atoms with Crippen molar-refractivity contribution in [2.24, 2.45) is 0 Å². The molecule has 1 atom stereocenters. The molecule has 0 spiro atoms. The zero-order valence-corrected chi connectivity index (χ0v) is 15.7. The summed E-state index contributed by atoms with van der Waals surface area (Å²) in [6, 6.07) is 3.55. The Morgan fingerprint density at radius 3 is 2.81 bits per heavy atom. The van der Waals surface area contributed by atoms with Crippen LogP contribution < -0.4 is 4.90 Å². The van der Waals surface area contributed by atoms with Gasteiger partial charge in [0.1, 0.15) is 5.69 Å². The van der Waals surface area contributed by atoms with E-state index in [0.29, 0.717) is 17.9 Å². The Morgan fingerprint density at radius 2 is 2.19 bits per heavy atom. The summed E-state index contributed by atoms with van der Waals surface area (Å²) in [6.45, 7) is 2.13. The highest BCUT2D eigenvalue weighted by atomic mass is 35.5. The summed E-state index contributed by atoms with van der Waals surface area (Å²) in [5, 5.41) is 4.34. The number of pyridine rings is 1. The molecule has 0 aliphatic carbocycles. The predicted molar refractivity (Wildman–Crippen MR) is 97.5 cm³/mol. The lowest BCUT2D eigenvalue weighted by Gasteiger charge is -2.19. The molecule has 0 aromatic carbocycles. The highest BCUT2D eigenvalue weighted by Crippen LogP contribution is 2.26. The molecule has 0 N–H and O–H groups in total. The van der Waals surface area contributed by atoms with Crippen LogP contribution in [0.2, 0.25) is 5.15 Å². The fourth-order valence-corrected chi connectivity index (χ4v) is 3.57. The summed E-state index contributed by atoms with van der Waals surface area (Å²) in [6.07, 6.45) is 1.93. The highest BCUT2D eigenvalue weighted by Gasteiger charge is 2.21. The lowest BCUT2D eigenvalue weighted by Crippen LogP contribution is -2.31. The van der Waals surface area contributed by atoms with Gasteiger partial charge in [0.05, 0.1) is 18.1 Å². The van der Waals surface area contributed by atoms with E-state index in [1.165, 1.54) is 9.58 Å². The van der Waals surface area contributed by atoms with Gasteiger partial charge in [0.25, 0.3) is 0 Å². The molecule has 0 aliphatic rings. The second-order valence-corrected chi connectivity index (χ2v) is 7.43. The molecule has 0 saturated carbocycles. The summed E-state index contributed by atoms with van der Waals surface area (Å²) >= 11 is 6.17. The first kappa shape index (κ1) is 20.4. The molecule has 2 rings (SSSR count). The highest BCUT2D eigenvalue weighted by molar-refractivity contribution is 7.84. The van der Waals surface area contributed by atoms with Crippen LogP contribution in [0.25, 0.3) is 5.69 Å². The van der Waals surface area contributed by atoms with E-state index in [4.69, 9.17) is 11.6 Å². The molecule has 26 heavy (non-hydrogen) atoms. The summed E-state index contributed by atoms with van der Waals surface area (Å²) in [4.78, 5) is 17.9. The first-order chi connectivity index (χ1) is 12.4. The second kappa shape index (κ2) is 9.72. The van der Waals surface area contributed by atoms with Gasteiger partial charge in [0.15, 0.2) is 5.15 Å². The number of alkyl halides is 2. The van der Waals surface area contributed by atoms with Gasteiger partial charge in [-0.15, -0.1) is 0 Å². The number of hydrogen-bond donors (Lipinski definition) is 0. The Kier molecular flexibility index (Phi) is 7.65. The van der Waals surface area contributed by atoms with Gasteiger partial charge in [0, 0.05) is 47.9 Å². The van der Waals surface area contributed by atoms with E-state index in [-0.39, 0.29) is 29.0 Å². The average molecular weight is 405 g/mol. The topological polar surface area (TPSA) is 68.1 Å². The first-order valence-corrected chi connectivity index (χ1v) is 9.88. The molecule has 1 unspecified atom stereocenters. The zero-order valence-electron chi connectivity index (χ0n) is 14.1. The third-order valence-corrected chi connectivity index (χ3v) is 5.20. The van der Waals surface area contributed by atoms with Crippen LogP contribution >= 0.6 is 11.6 Å². The number of hydrogen-bond acceptors (Lipinski definition) is 4. The van der Waals surface area contributed by atoms with Gasteiger partial charge in [-0.2, -0.15) is 5.10 Å². The Labute approximate surface area is 157 Å². The maximum Gasteiger partial charge on any atom is 0.239 e. The quantitative estimate of drug-likeness (QED) is 0.644. The number of carbonyl (C=O) groups excluding carboxylic acids is 1. The Balaban J connectivity index is 2.05. The summed E-state index contributed by atoms with van der Waals surface area (Å²) in [7, 11) is -1.46.